The van der Waals surface area contributed by atoms with Crippen molar-refractivity contribution in [3.05, 3.63) is 182 Å². The second kappa shape index (κ2) is 11.1. The van der Waals surface area contributed by atoms with E-state index in [1.165, 1.54) is 43.8 Å². The monoisotopic (exact) mass is 623 g/mol. The predicted molar refractivity (Wildman–Crippen MR) is 208 cm³/mol. The molecule has 0 aliphatic heterocycles. The van der Waals surface area contributed by atoms with E-state index in [1.807, 2.05) is 18.2 Å². The van der Waals surface area contributed by atoms with E-state index < -0.39 is 0 Å². The minimum Gasteiger partial charge on any atom is -0.455 e. The number of para-hydroxylation sites is 1. The Kier molecular flexibility index (Phi) is 6.02. The lowest BCUT2D eigenvalue weighted by atomic mass is 9.85. The summed E-state index contributed by atoms with van der Waals surface area (Å²) >= 11 is 0. The first-order valence-electron chi connectivity index (χ1n) is 17.3. The van der Waals surface area contributed by atoms with Gasteiger partial charge in [-0.3, -0.25) is 0 Å². The van der Waals surface area contributed by atoms with Gasteiger partial charge < -0.3 is 4.42 Å². The lowest BCUT2D eigenvalue weighted by Gasteiger charge is -2.18. The van der Waals surface area contributed by atoms with E-state index in [1.54, 1.807) is 0 Å². The Bertz CT molecular complexity index is 2880. The van der Waals surface area contributed by atoms with E-state index in [9.17, 15) is 0 Å². The molecule has 0 bridgehead atoms. The van der Waals surface area contributed by atoms with Crippen LogP contribution >= 0.6 is 0 Å². The van der Waals surface area contributed by atoms with Gasteiger partial charge in [-0.15, -0.1) is 0 Å². The van der Waals surface area contributed by atoms with E-state index in [2.05, 4.69) is 158 Å². The number of rotatable bonds is 4. The Morgan fingerprint density at radius 2 is 0.959 bits per heavy atom. The van der Waals surface area contributed by atoms with Crippen LogP contribution in [0.4, 0.5) is 0 Å². The van der Waals surface area contributed by atoms with Gasteiger partial charge in [0.1, 0.15) is 11.2 Å². The highest BCUT2D eigenvalue weighted by atomic mass is 16.3. The second-order valence-electron chi connectivity index (χ2n) is 12.7. The Balaban J connectivity index is 1.22. The van der Waals surface area contributed by atoms with E-state index in [-0.39, 0.29) is 0 Å². The molecule has 0 aliphatic carbocycles. The van der Waals surface area contributed by atoms with Crippen LogP contribution in [0.15, 0.2) is 186 Å². The lowest BCUT2D eigenvalue weighted by molar-refractivity contribution is 0.670. The van der Waals surface area contributed by atoms with Crippen LogP contribution < -0.4 is 0 Å². The SMILES string of the molecule is [2H]c1ccc2cc(-c3c4ccccc4c(-c4cccc(-c5ccc(-c6ccccc6)c6oc7ccccc7c56)c4)c4ccccc34)ccc2c1. The van der Waals surface area contributed by atoms with Crippen molar-refractivity contribution in [2.45, 2.75) is 0 Å². The highest BCUT2D eigenvalue weighted by molar-refractivity contribution is 6.22. The summed E-state index contributed by atoms with van der Waals surface area (Å²) < 4.78 is 14.7. The Morgan fingerprint density at radius 1 is 0.367 bits per heavy atom. The van der Waals surface area contributed by atoms with Crippen LogP contribution in [0.1, 0.15) is 1.37 Å². The summed E-state index contributed by atoms with van der Waals surface area (Å²) in [4.78, 5) is 0. The number of furan rings is 1. The smallest absolute Gasteiger partial charge is 0.143 e. The molecule has 1 heteroatoms. The third-order valence-corrected chi connectivity index (χ3v) is 9.98. The predicted octanol–water partition coefficient (Wildman–Crippen LogP) is 13.7. The summed E-state index contributed by atoms with van der Waals surface area (Å²) in [5.74, 6) is 0. The fourth-order valence-corrected chi connectivity index (χ4v) is 7.79. The molecule has 0 fully saturated rings. The number of hydrogen-bond acceptors (Lipinski definition) is 1. The maximum atomic E-state index is 8.09. The first-order valence-corrected chi connectivity index (χ1v) is 16.8. The number of fused-ring (bicyclic) bond motifs is 6. The Labute approximate surface area is 285 Å². The van der Waals surface area contributed by atoms with Gasteiger partial charge in [0.05, 0.1) is 1.37 Å². The molecule has 10 rings (SSSR count). The minimum absolute atomic E-state index is 0.529. The molecule has 0 N–H and O–H groups in total. The molecule has 1 heterocycles. The molecular formula is C48H30O. The molecule has 49 heavy (non-hydrogen) atoms. The largest absolute Gasteiger partial charge is 0.455 e. The van der Waals surface area contributed by atoms with Crippen LogP contribution in [0.2, 0.25) is 0 Å². The third-order valence-electron chi connectivity index (χ3n) is 9.98. The van der Waals surface area contributed by atoms with Crippen molar-refractivity contribution >= 4 is 54.3 Å². The van der Waals surface area contributed by atoms with Crippen LogP contribution in [-0.4, -0.2) is 0 Å². The average molecular weight is 624 g/mol. The minimum atomic E-state index is 0.529. The van der Waals surface area contributed by atoms with Gasteiger partial charge in [0, 0.05) is 16.3 Å². The second-order valence-corrected chi connectivity index (χ2v) is 12.7. The molecule has 1 nitrogen and oxygen atoms in total. The average Bonchev–Trinajstić information content (AvgIpc) is 3.56. The molecule has 0 unspecified atom stereocenters. The molecule has 0 amide bonds. The lowest BCUT2D eigenvalue weighted by Crippen LogP contribution is -1.91. The van der Waals surface area contributed by atoms with E-state index in [0.29, 0.717) is 6.04 Å². The molecule has 1 aromatic heterocycles. The van der Waals surface area contributed by atoms with Gasteiger partial charge >= 0.3 is 0 Å². The summed E-state index contributed by atoms with van der Waals surface area (Å²) in [6, 6.07) is 62.9. The number of hydrogen-bond donors (Lipinski definition) is 0. The molecule has 0 atom stereocenters. The Morgan fingerprint density at radius 3 is 1.69 bits per heavy atom. The fourth-order valence-electron chi connectivity index (χ4n) is 7.79. The molecule has 0 spiro atoms. The van der Waals surface area contributed by atoms with Crippen molar-refractivity contribution in [2.24, 2.45) is 0 Å². The summed E-state index contributed by atoms with van der Waals surface area (Å²) in [7, 11) is 0. The van der Waals surface area contributed by atoms with E-state index >= 15 is 0 Å². The van der Waals surface area contributed by atoms with Gasteiger partial charge in [-0.1, -0.05) is 158 Å². The van der Waals surface area contributed by atoms with Crippen molar-refractivity contribution in [3.63, 3.8) is 0 Å². The van der Waals surface area contributed by atoms with Gasteiger partial charge in [-0.2, -0.15) is 0 Å². The van der Waals surface area contributed by atoms with Gasteiger partial charge in [-0.25, -0.2) is 0 Å². The molecular weight excluding hydrogens is 593 g/mol. The van der Waals surface area contributed by atoms with Crippen LogP contribution in [0, 0.1) is 0 Å². The van der Waals surface area contributed by atoms with Crippen molar-refractivity contribution in [1.29, 1.82) is 0 Å². The summed E-state index contributed by atoms with van der Waals surface area (Å²) in [5.41, 5.74) is 11.2. The fraction of sp³-hybridized carbons (Fsp3) is 0. The number of benzene rings is 9. The van der Waals surface area contributed by atoms with Gasteiger partial charge in [0.15, 0.2) is 0 Å². The maximum Gasteiger partial charge on any atom is 0.143 e. The molecule has 0 aliphatic rings. The standard InChI is InChI=1S/C48H30O/c1-2-14-32(15-3-1)38-28-27-37(47-43-23-10-11-24-44(43)49-48(38)47)34-17-12-18-35(30-34)45-39-19-6-8-21-41(39)46(42-22-9-7-20-40(42)45)36-26-25-31-13-4-5-16-33(31)29-36/h1-30H/i4D. The van der Waals surface area contributed by atoms with Crippen LogP contribution in [0.25, 0.3) is 98.8 Å². The van der Waals surface area contributed by atoms with E-state index in [4.69, 9.17) is 5.79 Å². The Hall–Kier alpha value is -6.44. The normalized spacial score (nSPS) is 12.0. The van der Waals surface area contributed by atoms with Crippen molar-refractivity contribution in [1.82, 2.24) is 0 Å². The van der Waals surface area contributed by atoms with Crippen LogP contribution in [0.3, 0.4) is 0 Å². The van der Waals surface area contributed by atoms with Gasteiger partial charge in [0.2, 0.25) is 0 Å². The zero-order chi connectivity index (χ0) is 33.2. The highest BCUT2D eigenvalue weighted by Gasteiger charge is 2.20. The molecule has 9 aromatic carbocycles. The molecule has 0 saturated carbocycles. The first-order chi connectivity index (χ1) is 24.7. The highest BCUT2D eigenvalue weighted by Crippen LogP contribution is 2.46. The van der Waals surface area contributed by atoms with Gasteiger partial charge in [0.25, 0.3) is 0 Å². The third kappa shape index (κ3) is 4.40. The van der Waals surface area contributed by atoms with Crippen molar-refractivity contribution in [2.75, 3.05) is 0 Å². The zero-order valence-electron chi connectivity index (χ0n) is 27.7. The quantitative estimate of drug-likeness (QED) is 0.178. The summed E-state index contributed by atoms with van der Waals surface area (Å²) in [6.45, 7) is 0. The van der Waals surface area contributed by atoms with Crippen LogP contribution in [-0.2, 0) is 0 Å². The molecule has 0 radical (unpaired) electrons. The maximum absolute atomic E-state index is 8.09. The zero-order valence-corrected chi connectivity index (χ0v) is 26.7. The molecule has 0 saturated heterocycles. The molecule has 10 aromatic rings. The summed E-state index contributed by atoms with van der Waals surface area (Å²) in [5, 5.41) is 9.36. The van der Waals surface area contributed by atoms with E-state index in [0.717, 1.165) is 55.0 Å². The van der Waals surface area contributed by atoms with Crippen molar-refractivity contribution in [3.8, 4) is 44.5 Å². The van der Waals surface area contributed by atoms with Gasteiger partial charge in [-0.05, 0) is 95.5 Å². The van der Waals surface area contributed by atoms with Crippen molar-refractivity contribution < 1.29 is 5.79 Å². The topological polar surface area (TPSA) is 13.1 Å². The van der Waals surface area contributed by atoms with Crippen LogP contribution in [0.5, 0.6) is 0 Å². The summed E-state index contributed by atoms with van der Waals surface area (Å²) in [6.07, 6.45) is 0. The first kappa shape index (κ1) is 26.6. The molecule has 228 valence electrons.